The molecule has 1 saturated heterocycles. The number of nitrogens with zero attached hydrogens (tertiary/aromatic N) is 1. The molecular weight excluding hydrogens is 246 g/mol. The van der Waals surface area contributed by atoms with E-state index in [4.69, 9.17) is 9.47 Å². The fourth-order valence-electron chi connectivity index (χ4n) is 2.52. The van der Waals surface area contributed by atoms with E-state index in [0.717, 1.165) is 65.1 Å². The minimum atomic E-state index is -0.634. The molecule has 1 N–H and O–H groups in total. The van der Waals surface area contributed by atoms with E-state index in [-0.39, 0.29) is 0 Å². The van der Waals surface area contributed by atoms with Crippen LogP contribution in [0, 0.1) is 5.41 Å². The van der Waals surface area contributed by atoms with Crippen LogP contribution >= 0.6 is 0 Å². The number of ether oxygens (including phenoxy) is 2. The molecule has 0 atom stereocenters. The van der Waals surface area contributed by atoms with Crippen LogP contribution in [-0.2, 0) is 14.3 Å². The first kappa shape index (κ1) is 16.4. The van der Waals surface area contributed by atoms with Crippen LogP contribution in [0.1, 0.15) is 32.6 Å². The quantitative estimate of drug-likeness (QED) is 0.647. The van der Waals surface area contributed by atoms with E-state index in [1.54, 1.807) is 7.11 Å². The average molecular weight is 273 g/mol. The van der Waals surface area contributed by atoms with Gasteiger partial charge in [0.25, 0.3) is 0 Å². The van der Waals surface area contributed by atoms with Crippen molar-refractivity contribution in [3.05, 3.63) is 0 Å². The summed E-state index contributed by atoms with van der Waals surface area (Å²) in [5, 5.41) is 9.32. The number of carboxylic acids is 1. The summed E-state index contributed by atoms with van der Waals surface area (Å²) in [7, 11) is 1.69. The Morgan fingerprint density at radius 2 is 1.95 bits per heavy atom. The number of carbonyl (C=O) groups is 1. The van der Waals surface area contributed by atoms with Gasteiger partial charge >= 0.3 is 5.97 Å². The summed E-state index contributed by atoms with van der Waals surface area (Å²) in [6.45, 7) is 6.78. The van der Waals surface area contributed by atoms with Gasteiger partial charge in [-0.15, -0.1) is 0 Å². The molecule has 0 aliphatic carbocycles. The van der Waals surface area contributed by atoms with Gasteiger partial charge in [-0.05, 0) is 38.8 Å². The van der Waals surface area contributed by atoms with Crippen molar-refractivity contribution in [3.8, 4) is 0 Å². The fraction of sp³-hybridized carbons (Fsp3) is 0.929. The van der Waals surface area contributed by atoms with Gasteiger partial charge in [-0.25, -0.2) is 0 Å². The zero-order chi connectivity index (χ0) is 14.1. The van der Waals surface area contributed by atoms with Gasteiger partial charge in [0.05, 0.1) is 12.0 Å². The highest BCUT2D eigenvalue weighted by Gasteiger charge is 2.39. The highest BCUT2D eigenvalue weighted by molar-refractivity contribution is 5.74. The van der Waals surface area contributed by atoms with Gasteiger partial charge < -0.3 is 19.5 Å². The topological polar surface area (TPSA) is 59.0 Å². The molecule has 112 valence electrons. The monoisotopic (exact) mass is 273 g/mol. The van der Waals surface area contributed by atoms with Gasteiger partial charge in [-0.1, -0.05) is 6.92 Å². The Morgan fingerprint density at radius 1 is 1.26 bits per heavy atom. The Kier molecular flexibility index (Phi) is 7.34. The molecule has 1 heterocycles. The molecule has 0 aromatic carbocycles. The number of rotatable bonds is 9. The van der Waals surface area contributed by atoms with Crippen molar-refractivity contribution in [2.75, 3.05) is 46.6 Å². The third kappa shape index (κ3) is 5.09. The summed E-state index contributed by atoms with van der Waals surface area (Å²) in [6, 6.07) is 0. The van der Waals surface area contributed by atoms with Gasteiger partial charge in [0.1, 0.15) is 0 Å². The number of methoxy groups -OCH3 is 1. The highest BCUT2D eigenvalue weighted by Crippen LogP contribution is 2.34. The molecule has 0 aromatic heterocycles. The van der Waals surface area contributed by atoms with Crippen LogP contribution < -0.4 is 0 Å². The van der Waals surface area contributed by atoms with Crippen LogP contribution in [0.3, 0.4) is 0 Å². The molecule has 0 radical (unpaired) electrons. The van der Waals surface area contributed by atoms with Crippen molar-refractivity contribution in [2.45, 2.75) is 32.6 Å². The van der Waals surface area contributed by atoms with Gasteiger partial charge in [0.15, 0.2) is 0 Å². The van der Waals surface area contributed by atoms with Crippen molar-refractivity contribution in [2.24, 2.45) is 5.41 Å². The fourth-order valence-corrected chi connectivity index (χ4v) is 2.52. The summed E-state index contributed by atoms with van der Waals surface area (Å²) >= 11 is 0. The van der Waals surface area contributed by atoms with Gasteiger partial charge in [-0.3, -0.25) is 4.79 Å². The summed E-state index contributed by atoms with van der Waals surface area (Å²) in [5.41, 5.74) is -0.490. The van der Waals surface area contributed by atoms with Crippen molar-refractivity contribution in [1.82, 2.24) is 4.90 Å². The second-order valence-corrected chi connectivity index (χ2v) is 5.24. The smallest absolute Gasteiger partial charge is 0.309 e. The molecule has 5 nitrogen and oxygen atoms in total. The summed E-state index contributed by atoms with van der Waals surface area (Å²) < 4.78 is 10.5. The maximum atomic E-state index is 11.3. The zero-order valence-corrected chi connectivity index (χ0v) is 12.2. The lowest BCUT2D eigenvalue weighted by Gasteiger charge is -2.38. The van der Waals surface area contributed by atoms with Gasteiger partial charge in [0, 0.05) is 26.9 Å². The largest absolute Gasteiger partial charge is 0.481 e. The molecule has 1 fully saturated rings. The third-order valence-corrected chi connectivity index (χ3v) is 4.13. The highest BCUT2D eigenvalue weighted by atomic mass is 16.5. The first-order valence-electron chi connectivity index (χ1n) is 7.17. The summed E-state index contributed by atoms with van der Waals surface area (Å²) in [4.78, 5) is 13.6. The Labute approximate surface area is 115 Å². The standard InChI is InChI=1S/C14H27NO4/c1-3-14(13(16)17)5-7-15(8-6-14)9-12-19-11-4-10-18-2/h3-12H2,1-2H3,(H,16,17). The van der Waals surface area contributed by atoms with Gasteiger partial charge in [0.2, 0.25) is 0 Å². The molecule has 5 heteroatoms. The molecule has 1 rings (SSSR count). The van der Waals surface area contributed by atoms with E-state index >= 15 is 0 Å². The van der Waals surface area contributed by atoms with E-state index in [0.29, 0.717) is 0 Å². The molecular formula is C14H27NO4. The minimum Gasteiger partial charge on any atom is -0.481 e. The molecule has 0 unspecified atom stereocenters. The Balaban J connectivity index is 2.14. The van der Waals surface area contributed by atoms with E-state index in [2.05, 4.69) is 4.90 Å². The number of aliphatic carboxylic acids is 1. The van der Waals surface area contributed by atoms with E-state index in [1.165, 1.54) is 0 Å². The first-order chi connectivity index (χ1) is 9.14. The van der Waals surface area contributed by atoms with E-state index in [1.807, 2.05) is 6.92 Å². The molecule has 1 aliphatic heterocycles. The summed E-state index contributed by atoms with van der Waals surface area (Å²) in [6.07, 6.45) is 3.16. The van der Waals surface area contributed by atoms with Crippen LogP contribution in [0.25, 0.3) is 0 Å². The molecule has 0 saturated carbocycles. The number of hydrogen-bond donors (Lipinski definition) is 1. The van der Waals surface area contributed by atoms with Crippen LogP contribution in [-0.4, -0.2) is 62.5 Å². The third-order valence-electron chi connectivity index (χ3n) is 4.13. The van der Waals surface area contributed by atoms with Crippen molar-refractivity contribution in [1.29, 1.82) is 0 Å². The first-order valence-corrected chi connectivity index (χ1v) is 7.17. The van der Waals surface area contributed by atoms with Crippen LogP contribution in [0.4, 0.5) is 0 Å². The molecule has 1 aliphatic rings. The Hall–Kier alpha value is -0.650. The van der Waals surface area contributed by atoms with Crippen molar-refractivity contribution < 1.29 is 19.4 Å². The maximum absolute atomic E-state index is 11.3. The van der Waals surface area contributed by atoms with Crippen LogP contribution in [0.2, 0.25) is 0 Å². The number of hydrogen-bond acceptors (Lipinski definition) is 4. The summed E-state index contributed by atoms with van der Waals surface area (Å²) in [5.74, 6) is -0.634. The molecule has 0 amide bonds. The minimum absolute atomic E-state index is 0.490. The van der Waals surface area contributed by atoms with Crippen LogP contribution in [0.15, 0.2) is 0 Å². The predicted octanol–water partition coefficient (Wildman–Crippen LogP) is 1.62. The Bertz CT molecular complexity index is 262. The lowest BCUT2D eigenvalue weighted by atomic mass is 9.76. The maximum Gasteiger partial charge on any atom is 0.309 e. The van der Waals surface area contributed by atoms with E-state index < -0.39 is 11.4 Å². The average Bonchev–Trinajstić information content (AvgIpc) is 2.43. The SMILES string of the molecule is CCC1(C(=O)O)CCN(CCOCCCOC)CC1. The predicted molar refractivity (Wildman–Crippen MR) is 73.3 cm³/mol. The van der Waals surface area contributed by atoms with Crippen molar-refractivity contribution in [3.63, 3.8) is 0 Å². The van der Waals surface area contributed by atoms with E-state index in [9.17, 15) is 9.90 Å². The molecule has 0 aromatic rings. The normalized spacial score (nSPS) is 19.5. The van der Waals surface area contributed by atoms with Crippen LogP contribution in [0.5, 0.6) is 0 Å². The lowest BCUT2D eigenvalue weighted by molar-refractivity contribution is -0.152. The molecule has 0 bridgehead atoms. The van der Waals surface area contributed by atoms with Gasteiger partial charge in [-0.2, -0.15) is 0 Å². The number of carboxylic acid groups (broad SMARTS) is 1. The number of likely N-dealkylation sites (tertiary alicyclic amines) is 1. The van der Waals surface area contributed by atoms with Crippen molar-refractivity contribution >= 4 is 5.97 Å². The number of piperidine rings is 1. The lowest BCUT2D eigenvalue weighted by Crippen LogP contribution is -2.45. The molecule has 19 heavy (non-hydrogen) atoms. The second kappa shape index (κ2) is 8.51. The zero-order valence-electron chi connectivity index (χ0n) is 12.2. The Morgan fingerprint density at radius 3 is 2.47 bits per heavy atom. The molecule has 0 spiro atoms. The second-order valence-electron chi connectivity index (χ2n) is 5.24.